The second-order valence-electron chi connectivity index (χ2n) is 7.81. The van der Waals surface area contributed by atoms with Crippen LogP contribution in [0, 0.1) is 16.7 Å². The van der Waals surface area contributed by atoms with Crippen molar-refractivity contribution in [3.8, 4) is 0 Å². The number of aliphatic carboxylic acids is 2. The summed E-state index contributed by atoms with van der Waals surface area (Å²) in [7, 11) is 0. The van der Waals surface area contributed by atoms with Gasteiger partial charge in [-0.15, -0.1) is 0 Å². The van der Waals surface area contributed by atoms with Gasteiger partial charge in [0.25, 0.3) is 0 Å². The van der Waals surface area contributed by atoms with Gasteiger partial charge in [0.05, 0.1) is 0 Å². The van der Waals surface area contributed by atoms with Crippen LogP contribution >= 0.6 is 0 Å². The Morgan fingerprint density at radius 1 is 0.800 bits per heavy atom. The van der Waals surface area contributed by atoms with Crippen molar-refractivity contribution in [1.29, 1.82) is 0 Å². The van der Waals surface area contributed by atoms with E-state index in [0.29, 0.717) is 18.8 Å². The van der Waals surface area contributed by atoms with Crippen molar-refractivity contribution in [1.82, 2.24) is 0 Å². The van der Waals surface area contributed by atoms with E-state index in [-0.39, 0.29) is 0 Å². The molecular weight excluding hydrogens is 316 g/mol. The Labute approximate surface area is 152 Å². The molecule has 2 N–H and O–H groups in total. The smallest absolute Gasteiger partial charge is 0.317 e. The maximum Gasteiger partial charge on any atom is 0.317 e. The van der Waals surface area contributed by atoms with E-state index in [0.717, 1.165) is 32.1 Å². The van der Waals surface area contributed by atoms with Crippen molar-refractivity contribution in [3.63, 3.8) is 0 Å². The molecule has 0 saturated carbocycles. The molecule has 0 unspecified atom stereocenters. The van der Waals surface area contributed by atoms with E-state index in [4.69, 9.17) is 0 Å². The lowest BCUT2D eigenvalue weighted by molar-refractivity contribution is -0.146. The number of carboxylic acid groups (broad SMARTS) is 2. The molecule has 0 aromatic heterocycles. The first kappa shape index (κ1) is 21.5. The van der Waals surface area contributed by atoms with Gasteiger partial charge in [-0.05, 0) is 18.8 Å². The van der Waals surface area contributed by atoms with Crippen molar-refractivity contribution >= 4 is 11.9 Å². The third kappa shape index (κ3) is 6.02. The lowest BCUT2D eigenvalue weighted by Gasteiger charge is -2.32. The number of unbranched alkanes of at least 4 members (excludes halogenated alkanes) is 4. The Bertz CT molecular complexity index is 488. The van der Waals surface area contributed by atoms with Crippen molar-refractivity contribution in [3.05, 3.63) is 24.3 Å². The zero-order chi connectivity index (χ0) is 18.9. The highest BCUT2D eigenvalue weighted by Crippen LogP contribution is 2.40. The van der Waals surface area contributed by atoms with Crippen LogP contribution < -0.4 is 0 Å². The number of hydrogen-bond donors (Lipinski definition) is 2. The lowest BCUT2D eigenvalue weighted by atomic mass is 9.70. The maximum atomic E-state index is 11.8. The molecule has 0 spiro atoms. The summed E-state index contributed by atoms with van der Waals surface area (Å²) in [6, 6.07) is 0. The summed E-state index contributed by atoms with van der Waals surface area (Å²) in [5, 5.41) is 19.3. The monoisotopic (exact) mass is 350 g/mol. The molecule has 0 heterocycles. The zero-order valence-electron chi connectivity index (χ0n) is 16.0. The van der Waals surface area contributed by atoms with Crippen LogP contribution in [0.3, 0.4) is 0 Å². The van der Waals surface area contributed by atoms with Crippen LogP contribution in [0.2, 0.25) is 0 Å². The highest BCUT2D eigenvalue weighted by Gasteiger charge is 2.41. The third-order valence-corrected chi connectivity index (χ3v) is 5.22. The fraction of sp³-hybridized carbons (Fsp3) is 0.714. The number of rotatable bonds is 12. The van der Waals surface area contributed by atoms with Crippen LogP contribution in [-0.4, -0.2) is 22.2 Å². The molecule has 0 saturated heterocycles. The quantitative estimate of drug-likeness (QED) is 0.363. The number of carboxylic acids is 2. The molecule has 1 aliphatic rings. The summed E-state index contributed by atoms with van der Waals surface area (Å²) < 4.78 is 0. The molecule has 1 aliphatic carbocycles. The zero-order valence-corrected chi connectivity index (χ0v) is 16.0. The summed E-state index contributed by atoms with van der Waals surface area (Å²) >= 11 is 0. The lowest BCUT2D eigenvalue weighted by Crippen LogP contribution is -2.35. The van der Waals surface area contributed by atoms with Crippen molar-refractivity contribution in [2.24, 2.45) is 16.7 Å². The van der Waals surface area contributed by atoms with Gasteiger partial charge in [-0.25, -0.2) is 0 Å². The molecule has 0 fully saturated rings. The van der Waals surface area contributed by atoms with Gasteiger partial charge < -0.3 is 10.2 Å². The molecule has 0 aromatic rings. The van der Waals surface area contributed by atoms with Crippen LogP contribution in [0.4, 0.5) is 0 Å². The van der Waals surface area contributed by atoms with Crippen LogP contribution in [0.15, 0.2) is 24.3 Å². The number of carbonyl (C=O) groups is 2. The second kappa shape index (κ2) is 9.79. The SMILES string of the molecule is CCCCC1(C(=O)O)C=CC(CCCCCCC(C)C)(C(=O)O)C=C1. The van der Waals surface area contributed by atoms with Gasteiger partial charge in [0.2, 0.25) is 0 Å². The Morgan fingerprint density at radius 2 is 1.24 bits per heavy atom. The average molecular weight is 350 g/mol. The highest BCUT2D eigenvalue weighted by atomic mass is 16.4. The van der Waals surface area contributed by atoms with Gasteiger partial charge >= 0.3 is 11.9 Å². The van der Waals surface area contributed by atoms with E-state index in [9.17, 15) is 19.8 Å². The van der Waals surface area contributed by atoms with Crippen molar-refractivity contribution < 1.29 is 19.8 Å². The van der Waals surface area contributed by atoms with Crippen molar-refractivity contribution in [2.75, 3.05) is 0 Å². The van der Waals surface area contributed by atoms with Gasteiger partial charge in [0.1, 0.15) is 10.8 Å². The molecule has 0 amide bonds. The Kier molecular flexibility index (Phi) is 8.40. The minimum atomic E-state index is -1.05. The first-order chi connectivity index (χ1) is 11.8. The fourth-order valence-electron chi connectivity index (χ4n) is 3.33. The minimum absolute atomic E-state index is 0.511. The summed E-state index contributed by atoms with van der Waals surface area (Å²) in [6.45, 7) is 6.45. The summed E-state index contributed by atoms with van der Waals surface area (Å²) in [6.07, 6.45) is 14.6. The van der Waals surface area contributed by atoms with E-state index in [1.165, 1.54) is 12.8 Å². The van der Waals surface area contributed by atoms with E-state index < -0.39 is 22.8 Å². The standard InChI is InChI=1S/C21H34O4/c1-4-5-11-20(18(22)23)13-15-21(16-14-20,19(24)25)12-9-7-6-8-10-17(2)3/h13-17H,4-12H2,1-3H3,(H,22,23)(H,24,25). The first-order valence-electron chi connectivity index (χ1n) is 9.65. The molecule has 0 aromatic carbocycles. The normalized spacial score (nSPS) is 25.4. The molecule has 0 radical (unpaired) electrons. The van der Waals surface area contributed by atoms with Crippen LogP contribution in [0.1, 0.15) is 78.6 Å². The fourth-order valence-corrected chi connectivity index (χ4v) is 3.33. The Balaban J connectivity index is 2.69. The molecule has 0 aliphatic heterocycles. The average Bonchev–Trinajstić information content (AvgIpc) is 2.56. The number of hydrogen-bond acceptors (Lipinski definition) is 2. The summed E-state index contributed by atoms with van der Waals surface area (Å²) in [5.41, 5.74) is -2.10. The van der Waals surface area contributed by atoms with Crippen LogP contribution in [-0.2, 0) is 9.59 Å². The topological polar surface area (TPSA) is 74.6 Å². The molecule has 0 atom stereocenters. The predicted octanol–water partition coefficient (Wildman–Crippen LogP) is 5.44. The van der Waals surface area contributed by atoms with Gasteiger partial charge in [0, 0.05) is 0 Å². The molecule has 142 valence electrons. The molecule has 25 heavy (non-hydrogen) atoms. The molecule has 0 bridgehead atoms. The van der Waals surface area contributed by atoms with E-state index in [1.807, 2.05) is 6.92 Å². The van der Waals surface area contributed by atoms with Gasteiger partial charge in [-0.1, -0.05) is 90.0 Å². The van der Waals surface area contributed by atoms with Gasteiger partial charge in [-0.2, -0.15) is 0 Å². The summed E-state index contributed by atoms with van der Waals surface area (Å²) in [5.74, 6) is -1.08. The minimum Gasteiger partial charge on any atom is -0.480 e. The Hall–Kier alpha value is -1.58. The summed E-state index contributed by atoms with van der Waals surface area (Å²) in [4.78, 5) is 23.5. The third-order valence-electron chi connectivity index (χ3n) is 5.22. The van der Waals surface area contributed by atoms with E-state index in [1.54, 1.807) is 24.3 Å². The van der Waals surface area contributed by atoms with Gasteiger partial charge in [0.15, 0.2) is 0 Å². The Morgan fingerprint density at radius 3 is 1.64 bits per heavy atom. The molecule has 1 rings (SSSR count). The maximum absolute atomic E-state index is 11.8. The first-order valence-corrected chi connectivity index (χ1v) is 9.65. The van der Waals surface area contributed by atoms with Crippen LogP contribution in [0.25, 0.3) is 0 Å². The second-order valence-corrected chi connectivity index (χ2v) is 7.81. The van der Waals surface area contributed by atoms with Crippen LogP contribution in [0.5, 0.6) is 0 Å². The van der Waals surface area contributed by atoms with Crippen molar-refractivity contribution in [2.45, 2.75) is 78.6 Å². The molecular formula is C21H34O4. The highest BCUT2D eigenvalue weighted by molar-refractivity contribution is 5.84. The van der Waals surface area contributed by atoms with Gasteiger partial charge in [-0.3, -0.25) is 9.59 Å². The largest absolute Gasteiger partial charge is 0.480 e. The van der Waals surface area contributed by atoms with E-state index >= 15 is 0 Å². The predicted molar refractivity (Wildman–Crippen MR) is 100 cm³/mol. The van der Waals surface area contributed by atoms with E-state index in [2.05, 4.69) is 13.8 Å². The molecule has 4 nitrogen and oxygen atoms in total. The molecule has 4 heteroatoms.